The lowest BCUT2D eigenvalue weighted by molar-refractivity contribution is 0.717. The maximum absolute atomic E-state index is 6.18. The molecule has 0 atom stereocenters. The van der Waals surface area contributed by atoms with Crippen molar-refractivity contribution >= 4 is 16.7 Å². The zero-order valence-corrected chi connectivity index (χ0v) is 17.0. The molecule has 27 heavy (non-hydrogen) atoms. The van der Waals surface area contributed by atoms with Crippen LogP contribution in [0.2, 0.25) is 0 Å². The second-order valence-electron chi connectivity index (χ2n) is 6.67. The minimum absolute atomic E-state index is 0.582. The van der Waals surface area contributed by atoms with Gasteiger partial charge in [0.05, 0.1) is 5.52 Å². The molecule has 2 aromatic carbocycles. The SMILES string of the molecule is CC.CCCCCc1cc2c(Cc3ccc(CN)cc3)cccc2nc1N. The van der Waals surface area contributed by atoms with Crippen LogP contribution in [0.5, 0.6) is 0 Å². The smallest absolute Gasteiger partial charge is 0.127 e. The summed E-state index contributed by atoms with van der Waals surface area (Å²) in [4.78, 5) is 4.65. The number of hydrogen-bond donors (Lipinski definition) is 2. The van der Waals surface area contributed by atoms with E-state index in [1.165, 1.54) is 34.9 Å². The molecule has 0 unspecified atom stereocenters. The molecule has 0 aliphatic rings. The quantitative estimate of drug-likeness (QED) is 0.535. The van der Waals surface area contributed by atoms with Gasteiger partial charge in [-0.25, -0.2) is 4.98 Å². The number of unbranched alkanes of at least 4 members (excludes halogenated alkanes) is 2. The van der Waals surface area contributed by atoms with Crippen molar-refractivity contribution in [3.63, 3.8) is 0 Å². The average Bonchev–Trinajstić information content (AvgIpc) is 2.71. The zero-order chi connectivity index (χ0) is 19.6. The van der Waals surface area contributed by atoms with Crippen molar-refractivity contribution in [2.45, 2.75) is 59.4 Å². The van der Waals surface area contributed by atoms with Gasteiger partial charge < -0.3 is 11.5 Å². The second-order valence-corrected chi connectivity index (χ2v) is 6.67. The van der Waals surface area contributed by atoms with Gasteiger partial charge in [0, 0.05) is 11.9 Å². The first-order valence-corrected chi connectivity index (χ1v) is 10.2. The highest BCUT2D eigenvalue weighted by Crippen LogP contribution is 2.25. The molecule has 1 aromatic heterocycles. The number of aromatic nitrogens is 1. The van der Waals surface area contributed by atoms with Crippen molar-refractivity contribution < 1.29 is 0 Å². The van der Waals surface area contributed by atoms with Gasteiger partial charge in [0.15, 0.2) is 0 Å². The molecule has 0 aliphatic carbocycles. The van der Waals surface area contributed by atoms with E-state index >= 15 is 0 Å². The number of rotatable bonds is 7. The Morgan fingerprint density at radius 3 is 2.26 bits per heavy atom. The highest BCUT2D eigenvalue weighted by Gasteiger charge is 2.08. The largest absolute Gasteiger partial charge is 0.383 e. The summed E-state index contributed by atoms with van der Waals surface area (Å²) in [5.41, 5.74) is 17.8. The number of benzene rings is 2. The molecule has 0 fully saturated rings. The third kappa shape index (κ3) is 5.54. The van der Waals surface area contributed by atoms with E-state index in [4.69, 9.17) is 11.5 Å². The monoisotopic (exact) mass is 363 g/mol. The van der Waals surface area contributed by atoms with Gasteiger partial charge in [-0.05, 0) is 53.6 Å². The van der Waals surface area contributed by atoms with Crippen LogP contribution in [-0.2, 0) is 19.4 Å². The van der Waals surface area contributed by atoms with Crippen LogP contribution in [0.3, 0.4) is 0 Å². The van der Waals surface area contributed by atoms with Gasteiger partial charge in [0.25, 0.3) is 0 Å². The summed E-state index contributed by atoms with van der Waals surface area (Å²) >= 11 is 0. The lowest BCUT2D eigenvalue weighted by atomic mass is 9.97. The topological polar surface area (TPSA) is 64.9 Å². The van der Waals surface area contributed by atoms with Crippen molar-refractivity contribution in [1.82, 2.24) is 4.98 Å². The molecule has 0 aliphatic heterocycles. The van der Waals surface area contributed by atoms with Crippen molar-refractivity contribution in [3.8, 4) is 0 Å². The summed E-state index contributed by atoms with van der Waals surface area (Å²) < 4.78 is 0. The number of fused-ring (bicyclic) bond motifs is 1. The summed E-state index contributed by atoms with van der Waals surface area (Å²) in [5.74, 6) is 0.674. The lowest BCUT2D eigenvalue weighted by Crippen LogP contribution is -2.01. The molecular weight excluding hydrogens is 330 g/mol. The Morgan fingerprint density at radius 1 is 0.889 bits per heavy atom. The van der Waals surface area contributed by atoms with Crippen LogP contribution in [0.25, 0.3) is 10.9 Å². The van der Waals surface area contributed by atoms with Gasteiger partial charge in [-0.1, -0.05) is 70.0 Å². The van der Waals surface area contributed by atoms with Crippen molar-refractivity contribution in [3.05, 3.63) is 70.8 Å². The van der Waals surface area contributed by atoms with E-state index in [2.05, 4.69) is 54.4 Å². The fourth-order valence-corrected chi connectivity index (χ4v) is 3.25. The van der Waals surface area contributed by atoms with Gasteiger partial charge >= 0.3 is 0 Å². The predicted octanol–water partition coefficient (Wildman–Crippen LogP) is 5.63. The molecule has 144 valence electrons. The predicted molar refractivity (Wildman–Crippen MR) is 118 cm³/mol. The molecule has 1 heterocycles. The van der Waals surface area contributed by atoms with Crippen LogP contribution in [0.1, 0.15) is 62.3 Å². The van der Waals surface area contributed by atoms with Crippen molar-refractivity contribution in [2.24, 2.45) is 5.73 Å². The number of pyridine rings is 1. The number of hydrogen-bond acceptors (Lipinski definition) is 3. The highest BCUT2D eigenvalue weighted by molar-refractivity contribution is 5.85. The van der Waals surface area contributed by atoms with E-state index in [0.717, 1.165) is 30.3 Å². The maximum atomic E-state index is 6.18. The molecule has 3 aromatic rings. The summed E-state index contributed by atoms with van der Waals surface area (Å²) in [7, 11) is 0. The van der Waals surface area contributed by atoms with Gasteiger partial charge in [-0.15, -0.1) is 0 Å². The zero-order valence-electron chi connectivity index (χ0n) is 17.0. The number of nitrogens with zero attached hydrogens (tertiary/aromatic N) is 1. The van der Waals surface area contributed by atoms with E-state index in [1.54, 1.807) is 0 Å². The lowest BCUT2D eigenvalue weighted by Gasteiger charge is -2.11. The Kier molecular flexibility index (Phi) is 8.28. The maximum Gasteiger partial charge on any atom is 0.127 e. The average molecular weight is 364 g/mol. The fourth-order valence-electron chi connectivity index (χ4n) is 3.25. The molecule has 0 saturated heterocycles. The second kappa shape index (κ2) is 10.7. The van der Waals surface area contributed by atoms with Crippen LogP contribution in [0, 0.1) is 0 Å². The van der Waals surface area contributed by atoms with Crippen LogP contribution < -0.4 is 11.5 Å². The molecule has 0 spiro atoms. The number of nitrogen functional groups attached to an aromatic ring is 1. The molecule has 0 amide bonds. The third-order valence-electron chi connectivity index (χ3n) is 4.76. The molecule has 3 heteroatoms. The van der Waals surface area contributed by atoms with E-state index in [-0.39, 0.29) is 0 Å². The first-order chi connectivity index (χ1) is 13.2. The van der Waals surface area contributed by atoms with E-state index in [1.807, 2.05) is 19.9 Å². The molecule has 0 saturated carbocycles. The van der Waals surface area contributed by atoms with Crippen molar-refractivity contribution in [1.29, 1.82) is 0 Å². The molecule has 3 nitrogen and oxygen atoms in total. The fraction of sp³-hybridized carbons (Fsp3) is 0.375. The molecule has 4 N–H and O–H groups in total. The Labute approximate surface area is 163 Å². The van der Waals surface area contributed by atoms with Crippen LogP contribution in [0.4, 0.5) is 5.82 Å². The Balaban J connectivity index is 0.00000126. The number of anilines is 1. The minimum atomic E-state index is 0.582. The van der Waals surface area contributed by atoms with Gasteiger partial charge in [-0.3, -0.25) is 0 Å². The standard InChI is InChI=1S/C22H27N3.C2H6/c1-2-3-4-6-19-14-20-18(7-5-8-21(20)25-22(19)24)13-16-9-11-17(15-23)12-10-16;1-2/h5,7-12,14H,2-4,6,13,15,23H2,1H3,(H2,24,25);1-2H3. The Hall–Kier alpha value is -2.39. The molecular formula is C24H33N3. The van der Waals surface area contributed by atoms with E-state index in [0.29, 0.717) is 12.4 Å². The van der Waals surface area contributed by atoms with Crippen LogP contribution in [-0.4, -0.2) is 4.98 Å². The van der Waals surface area contributed by atoms with Gasteiger partial charge in [-0.2, -0.15) is 0 Å². The molecule has 3 rings (SSSR count). The summed E-state index contributed by atoms with van der Waals surface area (Å²) in [5, 5.41) is 1.21. The first-order valence-electron chi connectivity index (χ1n) is 10.2. The highest BCUT2D eigenvalue weighted by atomic mass is 14.8. The van der Waals surface area contributed by atoms with Crippen molar-refractivity contribution in [2.75, 3.05) is 5.73 Å². The molecule has 0 bridgehead atoms. The first kappa shape index (κ1) is 20.9. The molecule has 0 radical (unpaired) electrons. The third-order valence-corrected chi connectivity index (χ3v) is 4.76. The van der Waals surface area contributed by atoms with Crippen LogP contribution in [0.15, 0.2) is 48.5 Å². The number of nitrogens with two attached hydrogens (primary N) is 2. The van der Waals surface area contributed by atoms with Gasteiger partial charge in [0.1, 0.15) is 5.82 Å². The van der Waals surface area contributed by atoms with Crippen LogP contribution >= 0.6 is 0 Å². The van der Waals surface area contributed by atoms with E-state index < -0.39 is 0 Å². The summed E-state index contributed by atoms with van der Waals surface area (Å²) in [6.45, 7) is 6.80. The summed E-state index contributed by atoms with van der Waals surface area (Å²) in [6.07, 6.45) is 5.50. The van der Waals surface area contributed by atoms with Gasteiger partial charge in [0.2, 0.25) is 0 Å². The Bertz CT molecular complexity index is 838. The Morgan fingerprint density at radius 2 is 1.59 bits per heavy atom. The number of aryl methyl sites for hydroxylation is 1. The summed E-state index contributed by atoms with van der Waals surface area (Å²) in [6, 6.07) is 17.1. The van der Waals surface area contributed by atoms with E-state index in [9.17, 15) is 0 Å². The normalized spacial score (nSPS) is 10.5. The minimum Gasteiger partial charge on any atom is -0.383 e.